The molecule has 0 aliphatic carbocycles. The van der Waals surface area contributed by atoms with Crippen LogP contribution in [0.4, 0.5) is 5.95 Å². The number of carbonyl (C=O) groups is 2. The van der Waals surface area contributed by atoms with Crippen LogP contribution in [0.25, 0.3) is 5.57 Å². The summed E-state index contributed by atoms with van der Waals surface area (Å²) in [6.07, 6.45) is 4.13. The summed E-state index contributed by atoms with van der Waals surface area (Å²) < 4.78 is 10.8. The third-order valence-electron chi connectivity index (χ3n) is 5.69. The Labute approximate surface area is 187 Å². The van der Waals surface area contributed by atoms with Crippen molar-refractivity contribution in [3.05, 3.63) is 47.9 Å². The van der Waals surface area contributed by atoms with E-state index in [1.165, 1.54) is 4.90 Å². The summed E-state index contributed by atoms with van der Waals surface area (Å²) >= 11 is 0. The first-order valence-electron chi connectivity index (χ1n) is 10.7. The van der Waals surface area contributed by atoms with Crippen molar-refractivity contribution in [1.29, 1.82) is 0 Å². The molecule has 0 unspecified atom stereocenters. The molecule has 0 bridgehead atoms. The lowest BCUT2D eigenvalue weighted by atomic mass is 10.0. The Morgan fingerprint density at radius 1 is 0.906 bits per heavy atom. The summed E-state index contributed by atoms with van der Waals surface area (Å²) in [4.78, 5) is 40.7. The van der Waals surface area contributed by atoms with Crippen LogP contribution in [0.1, 0.15) is 18.9 Å². The topological polar surface area (TPSA) is 88.1 Å². The van der Waals surface area contributed by atoms with E-state index in [-0.39, 0.29) is 11.8 Å². The van der Waals surface area contributed by atoms with Crippen LogP contribution in [0.3, 0.4) is 0 Å². The van der Waals surface area contributed by atoms with Crippen molar-refractivity contribution < 1.29 is 19.1 Å². The molecule has 3 heterocycles. The standard InChI is InChI=1S/C23H27N5O4/c1-4-10-28-21(29)19(16-6-7-17(31-2)18(15-16)32-3)20(22(28)30)26-11-13-27(14-12-26)23-24-8-5-9-25-23/h5-9,15H,4,10-14H2,1-3H3. The second kappa shape index (κ2) is 9.25. The molecule has 0 spiro atoms. The van der Waals surface area contributed by atoms with Crippen molar-refractivity contribution in [3.8, 4) is 11.5 Å². The predicted octanol–water partition coefficient (Wildman–Crippen LogP) is 1.81. The van der Waals surface area contributed by atoms with Crippen LogP contribution in [0, 0.1) is 0 Å². The molecule has 32 heavy (non-hydrogen) atoms. The van der Waals surface area contributed by atoms with E-state index in [1.54, 1.807) is 50.9 Å². The number of aromatic nitrogens is 2. The number of ether oxygens (including phenoxy) is 2. The van der Waals surface area contributed by atoms with Gasteiger partial charge in [-0.15, -0.1) is 0 Å². The molecule has 2 aliphatic rings. The van der Waals surface area contributed by atoms with Crippen LogP contribution in [0.5, 0.6) is 11.5 Å². The Kier molecular flexibility index (Phi) is 6.25. The molecular formula is C23H27N5O4. The molecule has 1 aromatic carbocycles. The van der Waals surface area contributed by atoms with E-state index < -0.39 is 0 Å². The number of anilines is 1. The number of amides is 2. The fourth-order valence-electron chi connectivity index (χ4n) is 4.12. The van der Waals surface area contributed by atoms with Gasteiger partial charge >= 0.3 is 0 Å². The molecule has 4 rings (SSSR count). The van der Waals surface area contributed by atoms with Crippen molar-refractivity contribution in [2.24, 2.45) is 0 Å². The van der Waals surface area contributed by atoms with Gasteiger partial charge in [-0.1, -0.05) is 13.0 Å². The van der Waals surface area contributed by atoms with Crippen molar-refractivity contribution in [1.82, 2.24) is 19.8 Å². The third kappa shape index (κ3) is 3.86. The van der Waals surface area contributed by atoms with E-state index >= 15 is 0 Å². The van der Waals surface area contributed by atoms with E-state index in [0.29, 0.717) is 73.4 Å². The summed E-state index contributed by atoms with van der Waals surface area (Å²) in [7, 11) is 3.11. The normalized spacial score (nSPS) is 16.8. The molecule has 2 aromatic rings. The van der Waals surface area contributed by atoms with Crippen molar-refractivity contribution >= 4 is 23.3 Å². The molecule has 1 saturated heterocycles. The zero-order valence-electron chi connectivity index (χ0n) is 18.6. The van der Waals surface area contributed by atoms with Gasteiger partial charge in [0.15, 0.2) is 11.5 Å². The zero-order chi connectivity index (χ0) is 22.7. The predicted molar refractivity (Wildman–Crippen MR) is 119 cm³/mol. The number of imide groups is 1. The number of benzene rings is 1. The highest BCUT2D eigenvalue weighted by Crippen LogP contribution is 2.36. The van der Waals surface area contributed by atoms with Gasteiger partial charge in [-0.3, -0.25) is 14.5 Å². The van der Waals surface area contributed by atoms with Gasteiger partial charge in [0.25, 0.3) is 11.8 Å². The Hall–Kier alpha value is -3.62. The van der Waals surface area contributed by atoms with Gasteiger partial charge in [0.2, 0.25) is 5.95 Å². The van der Waals surface area contributed by atoms with Gasteiger partial charge in [0.05, 0.1) is 19.8 Å². The van der Waals surface area contributed by atoms with Crippen LogP contribution < -0.4 is 14.4 Å². The molecule has 0 radical (unpaired) electrons. The first-order valence-corrected chi connectivity index (χ1v) is 10.7. The number of hydrogen-bond donors (Lipinski definition) is 0. The second-order valence-electron chi connectivity index (χ2n) is 7.58. The van der Waals surface area contributed by atoms with Crippen LogP contribution in [0.15, 0.2) is 42.4 Å². The minimum Gasteiger partial charge on any atom is -0.493 e. The molecule has 0 saturated carbocycles. The Bertz CT molecular complexity index is 1030. The maximum absolute atomic E-state index is 13.3. The minimum absolute atomic E-state index is 0.244. The van der Waals surface area contributed by atoms with E-state index in [4.69, 9.17) is 9.47 Å². The third-order valence-corrected chi connectivity index (χ3v) is 5.69. The van der Waals surface area contributed by atoms with Crippen LogP contribution in [-0.4, -0.2) is 78.5 Å². The molecule has 1 aromatic heterocycles. The molecule has 9 heteroatoms. The molecule has 1 fully saturated rings. The average Bonchev–Trinajstić information content (AvgIpc) is 3.09. The first kappa shape index (κ1) is 21.6. The average molecular weight is 438 g/mol. The summed E-state index contributed by atoms with van der Waals surface area (Å²) in [5.74, 6) is 1.23. The van der Waals surface area contributed by atoms with Crippen molar-refractivity contribution in [2.45, 2.75) is 13.3 Å². The van der Waals surface area contributed by atoms with E-state index in [2.05, 4.69) is 14.9 Å². The SMILES string of the molecule is CCCN1C(=O)C(c2ccc(OC)c(OC)c2)=C(N2CCN(c3ncccn3)CC2)C1=O. The van der Waals surface area contributed by atoms with Gasteiger partial charge in [0.1, 0.15) is 5.70 Å². The number of rotatable bonds is 7. The van der Waals surface area contributed by atoms with Crippen LogP contribution in [-0.2, 0) is 9.59 Å². The largest absolute Gasteiger partial charge is 0.493 e. The lowest BCUT2D eigenvalue weighted by Gasteiger charge is -2.36. The number of hydrogen-bond acceptors (Lipinski definition) is 8. The second-order valence-corrected chi connectivity index (χ2v) is 7.58. The van der Waals surface area contributed by atoms with Gasteiger partial charge in [-0.05, 0) is 30.2 Å². The van der Waals surface area contributed by atoms with Crippen LogP contribution >= 0.6 is 0 Å². The molecular weight excluding hydrogens is 410 g/mol. The monoisotopic (exact) mass is 437 g/mol. The highest BCUT2D eigenvalue weighted by atomic mass is 16.5. The smallest absolute Gasteiger partial charge is 0.277 e. The Morgan fingerprint density at radius 3 is 2.19 bits per heavy atom. The van der Waals surface area contributed by atoms with E-state index in [1.807, 2.05) is 11.8 Å². The molecule has 9 nitrogen and oxygen atoms in total. The van der Waals surface area contributed by atoms with Gasteiger partial charge in [0, 0.05) is 45.1 Å². The zero-order valence-corrected chi connectivity index (χ0v) is 18.6. The van der Waals surface area contributed by atoms with E-state index in [9.17, 15) is 9.59 Å². The summed E-state index contributed by atoms with van der Waals surface area (Å²) in [6.45, 7) is 4.82. The van der Waals surface area contributed by atoms with Gasteiger partial charge in [-0.2, -0.15) is 0 Å². The maximum atomic E-state index is 13.3. The van der Waals surface area contributed by atoms with E-state index in [0.717, 1.165) is 0 Å². The van der Waals surface area contributed by atoms with Gasteiger partial charge < -0.3 is 19.3 Å². The lowest BCUT2D eigenvalue weighted by Crippen LogP contribution is -2.48. The molecule has 2 amide bonds. The Morgan fingerprint density at radius 2 is 1.56 bits per heavy atom. The quantitative estimate of drug-likeness (QED) is 0.606. The minimum atomic E-state index is -0.270. The lowest BCUT2D eigenvalue weighted by molar-refractivity contribution is -0.137. The maximum Gasteiger partial charge on any atom is 0.277 e. The molecule has 2 aliphatic heterocycles. The van der Waals surface area contributed by atoms with Crippen molar-refractivity contribution in [3.63, 3.8) is 0 Å². The van der Waals surface area contributed by atoms with Gasteiger partial charge in [-0.25, -0.2) is 9.97 Å². The first-order chi connectivity index (χ1) is 15.6. The number of piperazine rings is 1. The number of nitrogens with zero attached hydrogens (tertiary/aromatic N) is 5. The highest BCUT2D eigenvalue weighted by Gasteiger charge is 2.42. The summed E-state index contributed by atoms with van der Waals surface area (Å²) in [5, 5.41) is 0. The fourth-order valence-corrected chi connectivity index (χ4v) is 4.12. The highest BCUT2D eigenvalue weighted by molar-refractivity contribution is 6.35. The summed E-state index contributed by atoms with van der Waals surface area (Å²) in [6, 6.07) is 7.09. The molecule has 168 valence electrons. The number of carbonyl (C=O) groups excluding carboxylic acids is 2. The van der Waals surface area contributed by atoms with Crippen molar-refractivity contribution in [2.75, 3.05) is 51.8 Å². The molecule has 0 atom stereocenters. The fraction of sp³-hybridized carbons (Fsp3) is 0.391. The number of methoxy groups -OCH3 is 2. The summed E-state index contributed by atoms with van der Waals surface area (Å²) in [5.41, 5.74) is 1.50. The molecule has 0 N–H and O–H groups in total. The Balaban J connectivity index is 1.68. The van der Waals surface area contributed by atoms with Crippen LogP contribution in [0.2, 0.25) is 0 Å².